The van der Waals surface area contributed by atoms with Crippen LogP contribution in [0.1, 0.15) is 52.2 Å². The minimum Gasteiger partial charge on any atom is -0.465 e. The SMILES string of the molecule is COC(=O)c1ccc(CN[C@@H]2[C@H](CO)N(CCC3CC3)[C@@]3(C(=O)Nc4cc(Cl)ccc43)[C@H]2c2cccc(Cl)c2F)c([N+](=O)[O-])c1. The number of carbonyl (C=O) groups is 2. The average Bonchev–Trinajstić information content (AvgIpc) is 3.76. The molecule has 2 heterocycles. The standard InChI is InChI=1S/C32H31Cl2FN4O6/c1-45-30(41)18-7-8-19(25(13-18)39(43)44)15-36-29-26(16-40)38(12-11-17-5-6-17)32(27(29)21-3-2-4-23(34)28(21)35)22-10-9-20(33)14-24(22)37-31(32)42/h2-4,7-10,13-14,17,26-27,29,36,40H,5-6,11-12,15-16H2,1H3,(H,37,42)/t26-,27-,29+,32+/m0/s1. The van der Waals surface area contributed by atoms with Crippen LogP contribution in [0.25, 0.3) is 0 Å². The Morgan fingerprint density at radius 3 is 2.69 bits per heavy atom. The van der Waals surface area contributed by atoms with Crippen LogP contribution in [-0.4, -0.2) is 59.2 Å². The topological polar surface area (TPSA) is 134 Å². The van der Waals surface area contributed by atoms with Gasteiger partial charge in [-0.2, -0.15) is 0 Å². The van der Waals surface area contributed by atoms with Crippen LogP contribution in [0.5, 0.6) is 0 Å². The number of carbonyl (C=O) groups excluding carboxylic acids is 2. The predicted molar refractivity (Wildman–Crippen MR) is 166 cm³/mol. The van der Waals surface area contributed by atoms with Gasteiger partial charge in [0.2, 0.25) is 5.91 Å². The number of methoxy groups -OCH3 is 1. The minimum absolute atomic E-state index is 0.0176. The highest BCUT2D eigenvalue weighted by atomic mass is 35.5. The van der Waals surface area contributed by atoms with Gasteiger partial charge in [-0.3, -0.25) is 19.8 Å². The molecular formula is C32H31Cl2FN4O6. The third kappa shape index (κ3) is 5.36. The Balaban J connectivity index is 1.51. The molecule has 13 heteroatoms. The zero-order valence-corrected chi connectivity index (χ0v) is 25.8. The van der Waals surface area contributed by atoms with E-state index < -0.39 is 46.2 Å². The molecule has 1 saturated carbocycles. The number of esters is 1. The number of ether oxygens (including phenoxy) is 1. The fourth-order valence-corrected chi connectivity index (χ4v) is 7.43. The van der Waals surface area contributed by atoms with Crippen molar-refractivity contribution in [2.24, 2.45) is 5.92 Å². The Hall–Kier alpha value is -3.61. The second-order valence-corrected chi connectivity index (χ2v) is 12.5. The van der Waals surface area contributed by atoms with E-state index in [2.05, 4.69) is 10.6 Å². The van der Waals surface area contributed by atoms with Crippen molar-refractivity contribution in [1.29, 1.82) is 0 Å². The number of benzene rings is 3. The van der Waals surface area contributed by atoms with Crippen LogP contribution in [0.15, 0.2) is 54.6 Å². The molecule has 1 saturated heterocycles. The van der Waals surface area contributed by atoms with Crippen molar-refractivity contribution in [1.82, 2.24) is 10.2 Å². The first-order chi connectivity index (χ1) is 21.6. The highest BCUT2D eigenvalue weighted by molar-refractivity contribution is 6.31. The van der Waals surface area contributed by atoms with Gasteiger partial charge in [-0.1, -0.05) is 60.3 Å². The van der Waals surface area contributed by atoms with Crippen LogP contribution in [0, 0.1) is 21.8 Å². The lowest BCUT2D eigenvalue weighted by Crippen LogP contribution is -2.53. The summed E-state index contributed by atoms with van der Waals surface area (Å²) in [5.74, 6) is -2.25. The summed E-state index contributed by atoms with van der Waals surface area (Å²) in [6.45, 7) is -0.0299. The predicted octanol–water partition coefficient (Wildman–Crippen LogP) is 5.39. The number of anilines is 1. The number of rotatable bonds is 10. The molecule has 0 unspecified atom stereocenters. The molecule has 1 spiro atoms. The molecule has 0 radical (unpaired) electrons. The number of aliphatic hydroxyl groups is 1. The molecule has 3 aliphatic rings. The molecule has 3 aromatic rings. The van der Waals surface area contributed by atoms with E-state index in [0.717, 1.165) is 25.3 Å². The van der Waals surface area contributed by atoms with Crippen molar-refractivity contribution in [2.75, 3.05) is 25.6 Å². The molecule has 2 fully saturated rings. The van der Waals surface area contributed by atoms with Gasteiger partial charge >= 0.3 is 5.97 Å². The average molecular weight is 658 g/mol. The Morgan fingerprint density at radius 1 is 1.22 bits per heavy atom. The number of hydrogen-bond donors (Lipinski definition) is 3. The number of nitrogens with zero attached hydrogens (tertiary/aromatic N) is 2. The Bertz CT molecular complexity index is 1690. The van der Waals surface area contributed by atoms with Crippen LogP contribution >= 0.6 is 23.2 Å². The van der Waals surface area contributed by atoms with E-state index in [1.165, 1.54) is 25.3 Å². The third-order valence-electron chi connectivity index (χ3n) is 9.27. The van der Waals surface area contributed by atoms with E-state index in [4.69, 9.17) is 27.9 Å². The number of halogens is 3. The van der Waals surface area contributed by atoms with Crippen molar-refractivity contribution in [3.8, 4) is 0 Å². The molecule has 4 atom stereocenters. The lowest BCUT2D eigenvalue weighted by Gasteiger charge is -2.39. The van der Waals surface area contributed by atoms with E-state index in [-0.39, 0.29) is 40.6 Å². The van der Waals surface area contributed by atoms with Gasteiger partial charge in [0.1, 0.15) is 11.4 Å². The molecule has 0 aromatic heterocycles. The van der Waals surface area contributed by atoms with Gasteiger partial charge in [0.15, 0.2) is 0 Å². The summed E-state index contributed by atoms with van der Waals surface area (Å²) >= 11 is 12.6. The molecule has 3 aromatic carbocycles. The van der Waals surface area contributed by atoms with Crippen molar-refractivity contribution < 1.29 is 28.7 Å². The van der Waals surface area contributed by atoms with Crippen LogP contribution in [0.3, 0.4) is 0 Å². The maximum Gasteiger partial charge on any atom is 0.338 e. The number of fused-ring (bicyclic) bond motifs is 2. The lowest BCUT2D eigenvalue weighted by molar-refractivity contribution is -0.385. The molecule has 2 aliphatic heterocycles. The summed E-state index contributed by atoms with van der Waals surface area (Å²) in [5.41, 5.74) is -0.260. The summed E-state index contributed by atoms with van der Waals surface area (Å²) in [6.07, 6.45) is 2.91. The van der Waals surface area contributed by atoms with E-state index in [9.17, 15) is 24.8 Å². The minimum atomic E-state index is -1.47. The van der Waals surface area contributed by atoms with Gasteiger partial charge in [-0.15, -0.1) is 0 Å². The number of nitrogens with one attached hydrogen (secondary N) is 2. The first kappa shape index (κ1) is 31.4. The number of nitro benzene ring substituents is 1. The van der Waals surface area contributed by atoms with Crippen molar-refractivity contribution in [3.05, 3.63) is 103 Å². The summed E-state index contributed by atoms with van der Waals surface area (Å²) in [5, 5.41) is 29.6. The van der Waals surface area contributed by atoms with Crippen LogP contribution < -0.4 is 10.6 Å². The van der Waals surface area contributed by atoms with Crippen molar-refractivity contribution in [2.45, 2.75) is 49.3 Å². The van der Waals surface area contributed by atoms with Gasteiger partial charge in [-0.25, -0.2) is 9.18 Å². The second kappa shape index (κ2) is 12.3. The Labute approximate surface area is 268 Å². The zero-order valence-electron chi connectivity index (χ0n) is 24.3. The molecular weight excluding hydrogens is 626 g/mol. The molecule has 0 bridgehead atoms. The van der Waals surface area contributed by atoms with Gasteiger partial charge in [0.25, 0.3) is 5.69 Å². The lowest BCUT2D eigenvalue weighted by atomic mass is 9.73. The highest BCUT2D eigenvalue weighted by Crippen LogP contribution is 2.58. The molecule has 236 valence electrons. The first-order valence-electron chi connectivity index (χ1n) is 14.6. The molecule has 6 rings (SSSR count). The van der Waals surface area contributed by atoms with E-state index in [0.29, 0.717) is 28.7 Å². The number of aliphatic hydroxyl groups excluding tert-OH is 1. The Morgan fingerprint density at radius 2 is 2.00 bits per heavy atom. The number of likely N-dealkylation sites (tertiary alicyclic amines) is 1. The molecule has 10 nitrogen and oxygen atoms in total. The van der Waals surface area contributed by atoms with Crippen LogP contribution in [0.2, 0.25) is 10.0 Å². The monoisotopic (exact) mass is 656 g/mol. The summed E-state index contributed by atoms with van der Waals surface area (Å²) in [7, 11) is 1.18. The molecule has 1 aliphatic carbocycles. The third-order valence-corrected chi connectivity index (χ3v) is 9.80. The second-order valence-electron chi connectivity index (χ2n) is 11.7. The van der Waals surface area contributed by atoms with E-state index >= 15 is 4.39 Å². The number of hydrogen-bond acceptors (Lipinski definition) is 8. The molecule has 1 amide bonds. The first-order valence-corrected chi connectivity index (χ1v) is 15.4. The van der Waals surface area contributed by atoms with Crippen molar-refractivity contribution in [3.63, 3.8) is 0 Å². The number of nitro groups is 1. The zero-order chi connectivity index (χ0) is 32.0. The molecule has 45 heavy (non-hydrogen) atoms. The maximum absolute atomic E-state index is 16.1. The summed E-state index contributed by atoms with van der Waals surface area (Å²) < 4.78 is 20.8. The normalized spacial score (nSPS) is 24.1. The smallest absolute Gasteiger partial charge is 0.338 e. The molecule has 3 N–H and O–H groups in total. The highest BCUT2D eigenvalue weighted by Gasteiger charge is 2.67. The Kier molecular flexibility index (Phi) is 8.57. The summed E-state index contributed by atoms with van der Waals surface area (Å²) in [6, 6.07) is 12.2. The number of amides is 1. The fourth-order valence-electron chi connectivity index (χ4n) is 7.07. The van der Waals surface area contributed by atoms with E-state index in [1.807, 2.05) is 4.90 Å². The van der Waals surface area contributed by atoms with Gasteiger partial charge in [-0.05, 0) is 42.2 Å². The van der Waals surface area contributed by atoms with Gasteiger partial charge in [0, 0.05) is 53.0 Å². The van der Waals surface area contributed by atoms with Crippen LogP contribution in [0.4, 0.5) is 15.8 Å². The van der Waals surface area contributed by atoms with Crippen LogP contribution in [-0.2, 0) is 21.6 Å². The fraction of sp³-hybridized carbons (Fsp3) is 0.375. The van der Waals surface area contributed by atoms with Crippen molar-refractivity contribution >= 4 is 46.5 Å². The van der Waals surface area contributed by atoms with Gasteiger partial charge in [0.05, 0.1) is 35.3 Å². The van der Waals surface area contributed by atoms with Gasteiger partial charge < -0.3 is 20.5 Å². The summed E-state index contributed by atoms with van der Waals surface area (Å²) in [4.78, 5) is 39.8. The quantitative estimate of drug-likeness (QED) is 0.150. The van der Waals surface area contributed by atoms with E-state index in [1.54, 1.807) is 30.3 Å². The largest absolute Gasteiger partial charge is 0.465 e. The maximum atomic E-state index is 16.1.